The molecule has 0 fully saturated rings. The highest BCUT2D eigenvalue weighted by atomic mass is 32.2. The van der Waals surface area contributed by atoms with Gasteiger partial charge in [-0.2, -0.15) is 0 Å². The summed E-state index contributed by atoms with van der Waals surface area (Å²) >= 11 is 0. The summed E-state index contributed by atoms with van der Waals surface area (Å²) in [7, 11) is -3.93. The lowest BCUT2D eigenvalue weighted by atomic mass is 10.2. The number of carboxylic acid groups (broad SMARTS) is 1. The van der Waals surface area contributed by atoms with E-state index in [-0.39, 0.29) is 29.3 Å². The summed E-state index contributed by atoms with van der Waals surface area (Å²) in [5, 5.41) is 8.75. The maximum Gasteiger partial charge on any atom is 0.404 e. The number of nitrogens with one attached hydrogen (secondary N) is 1. The van der Waals surface area contributed by atoms with Crippen LogP contribution in [0.4, 0.5) is 10.5 Å². The van der Waals surface area contributed by atoms with Crippen LogP contribution < -0.4 is 16.2 Å². The summed E-state index contributed by atoms with van der Waals surface area (Å²) in [6.45, 7) is -0.424. The topological polar surface area (TPSA) is 162 Å². The number of carbonyl (C=O) groups is 2. The van der Waals surface area contributed by atoms with E-state index < -0.39 is 22.1 Å². The number of carbonyl (C=O) groups excluding carboxylic acids is 1. The standard InChI is InChI=1S/C10H13N3O6S/c11-7-5-6(9(14)15)1-2-8(7)20(17,18)13-3-4-19-10(12)16/h1-2,5,13H,3-4,11H2,(H2,12,16)(H,14,15). The van der Waals surface area contributed by atoms with E-state index in [9.17, 15) is 18.0 Å². The first-order valence-corrected chi connectivity index (χ1v) is 6.77. The van der Waals surface area contributed by atoms with Crippen LogP contribution in [0.1, 0.15) is 10.4 Å². The van der Waals surface area contributed by atoms with Gasteiger partial charge in [0.05, 0.1) is 11.3 Å². The van der Waals surface area contributed by atoms with Crippen molar-refractivity contribution in [3.05, 3.63) is 23.8 Å². The normalized spacial score (nSPS) is 11.0. The number of sulfonamides is 1. The molecule has 0 radical (unpaired) electrons. The molecule has 1 aromatic carbocycles. The molecule has 20 heavy (non-hydrogen) atoms. The van der Waals surface area contributed by atoms with Crippen molar-refractivity contribution < 1.29 is 27.9 Å². The van der Waals surface area contributed by atoms with Crippen molar-refractivity contribution >= 4 is 27.8 Å². The number of anilines is 1. The van der Waals surface area contributed by atoms with Gasteiger partial charge in [0.1, 0.15) is 11.5 Å². The van der Waals surface area contributed by atoms with E-state index in [2.05, 4.69) is 9.46 Å². The molecule has 0 atom stereocenters. The predicted molar refractivity (Wildman–Crippen MR) is 68.5 cm³/mol. The van der Waals surface area contributed by atoms with Crippen LogP contribution in [0.25, 0.3) is 0 Å². The summed E-state index contributed by atoms with van der Waals surface area (Å²) in [5.41, 5.74) is 9.89. The van der Waals surface area contributed by atoms with Crippen LogP contribution in [-0.2, 0) is 14.8 Å². The second-order valence-electron chi connectivity index (χ2n) is 3.62. The fraction of sp³-hybridized carbons (Fsp3) is 0.200. The third-order valence-electron chi connectivity index (χ3n) is 2.18. The number of hydrogen-bond donors (Lipinski definition) is 4. The first-order chi connectivity index (χ1) is 9.24. The van der Waals surface area contributed by atoms with Crippen LogP contribution in [0.2, 0.25) is 0 Å². The molecule has 9 nitrogen and oxygen atoms in total. The SMILES string of the molecule is NC(=O)OCCNS(=O)(=O)c1ccc(C(=O)O)cc1N. The maximum atomic E-state index is 11.9. The number of ether oxygens (including phenoxy) is 1. The van der Waals surface area contributed by atoms with E-state index in [0.717, 1.165) is 18.2 Å². The largest absolute Gasteiger partial charge is 0.478 e. The molecule has 0 aliphatic carbocycles. The second-order valence-corrected chi connectivity index (χ2v) is 5.36. The molecule has 0 heterocycles. The highest BCUT2D eigenvalue weighted by molar-refractivity contribution is 7.89. The number of hydrogen-bond acceptors (Lipinski definition) is 6. The third-order valence-corrected chi connectivity index (χ3v) is 3.72. The van der Waals surface area contributed by atoms with Crippen molar-refractivity contribution in [2.75, 3.05) is 18.9 Å². The Hall–Kier alpha value is -2.33. The van der Waals surface area contributed by atoms with Crippen LogP contribution in [0, 0.1) is 0 Å². The minimum absolute atomic E-state index is 0.126. The molecule has 0 unspecified atom stereocenters. The fourth-order valence-corrected chi connectivity index (χ4v) is 2.46. The number of nitrogen functional groups attached to an aromatic ring is 1. The summed E-state index contributed by atoms with van der Waals surface area (Å²) in [6, 6.07) is 3.24. The molecule has 10 heteroatoms. The number of benzene rings is 1. The summed E-state index contributed by atoms with van der Waals surface area (Å²) in [6.07, 6.45) is -1.02. The summed E-state index contributed by atoms with van der Waals surface area (Å²) < 4.78 is 30.2. The number of amides is 1. The van der Waals surface area contributed by atoms with E-state index in [1.54, 1.807) is 0 Å². The average molecular weight is 303 g/mol. The Bertz CT molecular complexity index is 628. The molecule has 110 valence electrons. The lowest BCUT2D eigenvalue weighted by Gasteiger charge is -2.09. The van der Waals surface area contributed by atoms with Crippen molar-refractivity contribution in [1.29, 1.82) is 0 Å². The molecule has 0 bridgehead atoms. The number of nitrogens with two attached hydrogens (primary N) is 2. The molecule has 0 aliphatic heterocycles. The van der Waals surface area contributed by atoms with Gasteiger partial charge in [-0.3, -0.25) is 0 Å². The van der Waals surface area contributed by atoms with Crippen molar-refractivity contribution in [3.8, 4) is 0 Å². The Kier molecular flexibility index (Phi) is 4.88. The number of aromatic carboxylic acids is 1. The maximum absolute atomic E-state index is 11.9. The minimum Gasteiger partial charge on any atom is -0.478 e. The van der Waals surface area contributed by atoms with Crippen molar-refractivity contribution in [2.24, 2.45) is 5.73 Å². The van der Waals surface area contributed by atoms with E-state index in [1.807, 2.05) is 0 Å². The van der Waals surface area contributed by atoms with E-state index in [1.165, 1.54) is 0 Å². The highest BCUT2D eigenvalue weighted by Crippen LogP contribution is 2.19. The van der Waals surface area contributed by atoms with E-state index >= 15 is 0 Å². The lowest BCUT2D eigenvalue weighted by Crippen LogP contribution is -2.29. The average Bonchev–Trinajstić information content (AvgIpc) is 2.34. The zero-order chi connectivity index (χ0) is 15.3. The monoisotopic (exact) mass is 303 g/mol. The van der Waals surface area contributed by atoms with Gasteiger partial charge >= 0.3 is 12.1 Å². The number of carboxylic acids is 1. The molecule has 6 N–H and O–H groups in total. The Morgan fingerprint density at radius 3 is 2.50 bits per heavy atom. The van der Waals surface area contributed by atoms with Crippen molar-refractivity contribution in [1.82, 2.24) is 4.72 Å². The van der Waals surface area contributed by atoms with Crippen LogP contribution in [0.15, 0.2) is 23.1 Å². The van der Waals surface area contributed by atoms with Gasteiger partial charge < -0.3 is 21.3 Å². The molecule has 0 spiro atoms. The van der Waals surface area contributed by atoms with E-state index in [0.29, 0.717) is 0 Å². The minimum atomic E-state index is -3.93. The van der Waals surface area contributed by atoms with Gasteiger partial charge in [-0.15, -0.1) is 0 Å². The molecule has 0 saturated heterocycles. The molecule has 1 amide bonds. The van der Waals surface area contributed by atoms with Gasteiger partial charge in [0.15, 0.2) is 0 Å². The fourth-order valence-electron chi connectivity index (χ4n) is 1.33. The number of primary amides is 1. The molecule has 0 saturated carbocycles. The summed E-state index contributed by atoms with van der Waals surface area (Å²) in [5.74, 6) is -1.22. The highest BCUT2D eigenvalue weighted by Gasteiger charge is 2.18. The third kappa shape index (κ3) is 4.10. The van der Waals surface area contributed by atoms with Crippen molar-refractivity contribution in [3.63, 3.8) is 0 Å². The van der Waals surface area contributed by atoms with Gasteiger partial charge in [0.2, 0.25) is 10.0 Å². The Labute approximate surface area is 114 Å². The molecular formula is C10H13N3O6S. The Morgan fingerprint density at radius 1 is 1.35 bits per heavy atom. The van der Waals surface area contributed by atoms with E-state index in [4.69, 9.17) is 16.6 Å². The van der Waals surface area contributed by atoms with Crippen molar-refractivity contribution in [2.45, 2.75) is 4.90 Å². The molecule has 0 aromatic heterocycles. The second kappa shape index (κ2) is 6.21. The zero-order valence-corrected chi connectivity index (χ0v) is 11.0. The Morgan fingerprint density at radius 2 is 2.00 bits per heavy atom. The lowest BCUT2D eigenvalue weighted by molar-refractivity contribution is 0.0696. The van der Waals surface area contributed by atoms with Gasteiger partial charge in [-0.25, -0.2) is 22.7 Å². The van der Waals surface area contributed by atoms with Crippen LogP contribution in [-0.4, -0.2) is 38.7 Å². The van der Waals surface area contributed by atoms with Gasteiger partial charge in [0.25, 0.3) is 0 Å². The van der Waals surface area contributed by atoms with Gasteiger partial charge in [-0.1, -0.05) is 0 Å². The molecule has 1 rings (SSSR count). The molecule has 1 aromatic rings. The first kappa shape index (κ1) is 15.7. The molecule has 0 aliphatic rings. The zero-order valence-electron chi connectivity index (χ0n) is 10.2. The first-order valence-electron chi connectivity index (χ1n) is 5.29. The van der Waals surface area contributed by atoms with Gasteiger partial charge in [0, 0.05) is 6.54 Å². The van der Waals surface area contributed by atoms with Crippen LogP contribution in [0.5, 0.6) is 0 Å². The smallest absolute Gasteiger partial charge is 0.404 e. The summed E-state index contributed by atoms with van der Waals surface area (Å²) in [4.78, 5) is 20.7. The predicted octanol–water partition coefficient (Wildman–Crippen LogP) is -0.659. The quantitative estimate of drug-likeness (QED) is 0.400. The van der Waals surface area contributed by atoms with Crippen LogP contribution >= 0.6 is 0 Å². The number of rotatable bonds is 6. The Balaban J connectivity index is 2.82. The van der Waals surface area contributed by atoms with Gasteiger partial charge in [-0.05, 0) is 18.2 Å². The molecular weight excluding hydrogens is 290 g/mol. The van der Waals surface area contributed by atoms with Crippen LogP contribution in [0.3, 0.4) is 0 Å².